The first-order valence-corrected chi connectivity index (χ1v) is 6.73. The zero-order chi connectivity index (χ0) is 14.8. The third-order valence-electron chi connectivity index (χ3n) is 3.34. The molecule has 1 amide bonds. The van der Waals surface area contributed by atoms with Crippen molar-refractivity contribution in [1.29, 1.82) is 0 Å². The number of anilines is 1. The van der Waals surface area contributed by atoms with Gasteiger partial charge in [0.2, 0.25) is 0 Å². The van der Waals surface area contributed by atoms with Crippen LogP contribution in [0.15, 0.2) is 59.5 Å². The summed E-state index contributed by atoms with van der Waals surface area (Å²) < 4.78 is 0. The van der Waals surface area contributed by atoms with Gasteiger partial charge in [-0.3, -0.25) is 9.78 Å². The van der Waals surface area contributed by atoms with E-state index in [-0.39, 0.29) is 5.91 Å². The maximum Gasteiger partial charge on any atom is 0.280 e. The van der Waals surface area contributed by atoms with Crippen LogP contribution in [-0.4, -0.2) is 16.6 Å². The summed E-state index contributed by atoms with van der Waals surface area (Å²) in [6.45, 7) is 3.85. The molecular formula is C17H15N3O. The summed E-state index contributed by atoms with van der Waals surface area (Å²) in [6, 6.07) is 11.5. The first-order valence-electron chi connectivity index (χ1n) is 6.73. The summed E-state index contributed by atoms with van der Waals surface area (Å²) in [5.74, 6) is -0.111. The van der Waals surface area contributed by atoms with Crippen LogP contribution in [0.25, 0.3) is 6.08 Å². The summed E-state index contributed by atoms with van der Waals surface area (Å²) in [7, 11) is 0. The van der Waals surface area contributed by atoms with Gasteiger partial charge in [-0.2, -0.15) is 10.1 Å². The van der Waals surface area contributed by atoms with Gasteiger partial charge < -0.3 is 0 Å². The molecule has 0 bridgehead atoms. The molecule has 2 heterocycles. The lowest BCUT2D eigenvalue weighted by molar-refractivity contribution is -0.114. The van der Waals surface area contributed by atoms with Crippen molar-refractivity contribution in [3.05, 3.63) is 65.5 Å². The van der Waals surface area contributed by atoms with E-state index in [1.54, 1.807) is 12.4 Å². The Hall–Kier alpha value is -2.75. The standard InChI is InChI=1S/C17H15N3O/c1-12-5-7-15(8-6-12)20-17(21)16(13(2)19-20)10-14-4-3-9-18-11-14/h3-11H,1-2H3/b16-10-. The number of carbonyl (C=O) groups is 1. The van der Waals surface area contributed by atoms with Gasteiger partial charge in [0.05, 0.1) is 17.0 Å². The third kappa shape index (κ3) is 2.60. The fourth-order valence-electron chi connectivity index (χ4n) is 2.17. The molecule has 1 aliphatic heterocycles. The fourth-order valence-corrected chi connectivity index (χ4v) is 2.17. The van der Waals surface area contributed by atoms with Gasteiger partial charge in [0.15, 0.2) is 0 Å². The quantitative estimate of drug-likeness (QED) is 0.791. The monoisotopic (exact) mass is 277 g/mol. The molecule has 104 valence electrons. The minimum atomic E-state index is -0.111. The van der Waals surface area contributed by atoms with Crippen molar-refractivity contribution in [3.8, 4) is 0 Å². The van der Waals surface area contributed by atoms with Crippen molar-refractivity contribution in [3.63, 3.8) is 0 Å². The van der Waals surface area contributed by atoms with E-state index in [4.69, 9.17) is 0 Å². The number of hydrazone groups is 1. The Labute approximate surface area is 123 Å². The first-order chi connectivity index (χ1) is 10.1. The van der Waals surface area contributed by atoms with E-state index in [0.29, 0.717) is 11.3 Å². The highest BCUT2D eigenvalue weighted by Crippen LogP contribution is 2.24. The molecule has 4 heteroatoms. The molecule has 0 saturated carbocycles. The molecule has 1 aliphatic rings. The van der Waals surface area contributed by atoms with Crippen molar-refractivity contribution >= 4 is 23.4 Å². The van der Waals surface area contributed by atoms with Gasteiger partial charge in [-0.05, 0) is 43.7 Å². The smallest absolute Gasteiger partial charge is 0.267 e. The predicted octanol–water partition coefficient (Wildman–Crippen LogP) is 3.20. The third-order valence-corrected chi connectivity index (χ3v) is 3.34. The normalized spacial score (nSPS) is 16.5. The molecule has 0 spiro atoms. The number of benzene rings is 1. The van der Waals surface area contributed by atoms with E-state index in [1.165, 1.54) is 5.01 Å². The second kappa shape index (κ2) is 5.32. The Kier molecular flexibility index (Phi) is 3.36. The first kappa shape index (κ1) is 13.2. The van der Waals surface area contributed by atoms with Crippen molar-refractivity contribution in [1.82, 2.24) is 4.98 Å². The van der Waals surface area contributed by atoms with E-state index in [1.807, 2.05) is 56.3 Å². The molecule has 0 N–H and O–H groups in total. The Bertz CT molecular complexity index is 730. The number of rotatable bonds is 2. The van der Waals surface area contributed by atoms with E-state index in [9.17, 15) is 4.79 Å². The van der Waals surface area contributed by atoms with Gasteiger partial charge >= 0.3 is 0 Å². The van der Waals surface area contributed by atoms with Gasteiger partial charge in [0.1, 0.15) is 0 Å². The molecule has 0 aliphatic carbocycles. The van der Waals surface area contributed by atoms with Crippen molar-refractivity contribution in [2.24, 2.45) is 5.10 Å². The molecule has 0 unspecified atom stereocenters. The molecule has 0 saturated heterocycles. The minimum absolute atomic E-state index is 0.111. The molecule has 4 nitrogen and oxygen atoms in total. The molecule has 1 aromatic heterocycles. The van der Waals surface area contributed by atoms with Gasteiger partial charge in [-0.25, -0.2) is 0 Å². The lowest BCUT2D eigenvalue weighted by Crippen LogP contribution is -2.21. The molecular weight excluding hydrogens is 262 g/mol. The van der Waals surface area contributed by atoms with Gasteiger partial charge in [0.25, 0.3) is 5.91 Å². The minimum Gasteiger partial charge on any atom is -0.267 e. The van der Waals surface area contributed by atoms with E-state index >= 15 is 0 Å². The van der Waals surface area contributed by atoms with Crippen LogP contribution in [0.2, 0.25) is 0 Å². The Morgan fingerprint density at radius 3 is 2.52 bits per heavy atom. The average molecular weight is 277 g/mol. The van der Waals surface area contributed by atoms with Crippen LogP contribution in [0.4, 0.5) is 5.69 Å². The van der Waals surface area contributed by atoms with Crippen LogP contribution in [0.1, 0.15) is 18.1 Å². The highest BCUT2D eigenvalue weighted by Gasteiger charge is 2.28. The second-order valence-corrected chi connectivity index (χ2v) is 4.98. The second-order valence-electron chi connectivity index (χ2n) is 4.98. The number of amides is 1. The molecule has 1 aromatic carbocycles. The Balaban J connectivity index is 1.94. The van der Waals surface area contributed by atoms with Crippen LogP contribution in [0.5, 0.6) is 0 Å². The number of aryl methyl sites for hydroxylation is 1. The molecule has 3 rings (SSSR count). The van der Waals surface area contributed by atoms with Gasteiger partial charge in [0, 0.05) is 12.4 Å². The summed E-state index contributed by atoms with van der Waals surface area (Å²) >= 11 is 0. The topological polar surface area (TPSA) is 45.6 Å². The summed E-state index contributed by atoms with van der Waals surface area (Å²) in [4.78, 5) is 16.6. The predicted molar refractivity (Wildman–Crippen MR) is 84.0 cm³/mol. The highest BCUT2D eigenvalue weighted by atomic mass is 16.2. The highest BCUT2D eigenvalue weighted by molar-refractivity contribution is 6.32. The van der Waals surface area contributed by atoms with E-state index in [0.717, 1.165) is 16.8 Å². The fraction of sp³-hybridized carbons (Fsp3) is 0.118. The van der Waals surface area contributed by atoms with E-state index in [2.05, 4.69) is 10.1 Å². The number of carbonyl (C=O) groups excluding carboxylic acids is 1. The number of nitrogens with zero attached hydrogens (tertiary/aromatic N) is 3. The lowest BCUT2D eigenvalue weighted by Gasteiger charge is -2.11. The van der Waals surface area contributed by atoms with Gasteiger partial charge in [-0.15, -0.1) is 0 Å². The average Bonchev–Trinajstić information content (AvgIpc) is 2.77. The zero-order valence-corrected chi connectivity index (χ0v) is 11.9. The van der Waals surface area contributed by atoms with Crippen LogP contribution in [0, 0.1) is 6.92 Å². The largest absolute Gasteiger partial charge is 0.280 e. The maximum absolute atomic E-state index is 12.5. The number of aromatic nitrogens is 1. The van der Waals surface area contributed by atoms with Gasteiger partial charge in [-0.1, -0.05) is 23.8 Å². The van der Waals surface area contributed by atoms with Crippen LogP contribution in [-0.2, 0) is 4.79 Å². The van der Waals surface area contributed by atoms with E-state index < -0.39 is 0 Å². The van der Waals surface area contributed by atoms with Crippen molar-refractivity contribution in [2.75, 3.05) is 5.01 Å². The molecule has 21 heavy (non-hydrogen) atoms. The maximum atomic E-state index is 12.5. The number of hydrogen-bond acceptors (Lipinski definition) is 3. The number of pyridine rings is 1. The molecule has 0 radical (unpaired) electrons. The Morgan fingerprint density at radius 2 is 1.86 bits per heavy atom. The lowest BCUT2D eigenvalue weighted by atomic mass is 10.1. The summed E-state index contributed by atoms with van der Waals surface area (Å²) in [5.41, 5.74) is 4.13. The zero-order valence-electron chi connectivity index (χ0n) is 11.9. The van der Waals surface area contributed by atoms with Crippen molar-refractivity contribution < 1.29 is 4.79 Å². The summed E-state index contributed by atoms with van der Waals surface area (Å²) in [6.07, 6.45) is 5.25. The SMILES string of the molecule is CC1=NN(c2ccc(C)cc2)C(=O)/C1=C\c1cccnc1. The molecule has 2 aromatic rings. The number of hydrogen-bond donors (Lipinski definition) is 0. The molecule has 0 fully saturated rings. The van der Waals surface area contributed by atoms with Crippen molar-refractivity contribution in [2.45, 2.75) is 13.8 Å². The van der Waals surface area contributed by atoms with Crippen LogP contribution >= 0.6 is 0 Å². The molecule has 0 atom stereocenters. The Morgan fingerprint density at radius 1 is 1.10 bits per heavy atom. The van der Waals surface area contributed by atoms with Crippen LogP contribution < -0.4 is 5.01 Å². The summed E-state index contributed by atoms with van der Waals surface area (Å²) in [5, 5.41) is 5.80. The van der Waals surface area contributed by atoms with Crippen LogP contribution in [0.3, 0.4) is 0 Å².